The number of thiazole rings is 1. The molecule has 0 unspecified atom stereocenters. The van der Waals surface area contributed by atoms with Gasteiger partial charge in [0.1, 0.15) is 0 Å². The van der Waals surface area contributed by atoms with Crippen LogP contribution in [0.25, 0.3) is 0 Å². The number of aromatic nitrogens is 1. The summed E-state index contributed by atoms with van der Waals surface area (Å²) in [5.41, 5.74) is 0.996. The summed E-state index contributed by atoms with van der Waals surface area (Å²) in [5, 5.41) is 4.77. The van der Waals surface area contributed by atoms with Gasteiger partial charge in [-0.2, -0.15) is 0 Å². The fourth-order valence-corrected chi connectivity index (χ4v) is 3.41. The Hall–Kier alpha value is -1.71. The summed E-state index contributed by atoms with van der Waals surface area (Å²) >= 11 is 1.35. The lowest BCUT2D eigenvalue weighted by Crippen LogP contribution is -2.21. The molecule has 2 aromatic heterocycles. The van der Waals surface area contributed by atoms with E-state index in [-0.39, 0.29) is 10.9 Å². The molecule has 2 heterocycles. The number of nitrogens with one attached hydrogen (secondary N) is 1. The third-order valence-corrected chi connectivity index (χ3v) is 5.74. The number of furan rings is 1. The summed E-state index contributed by atoms with van der Waals surface area (Å²) in [6, 6.07) is 2.60. The largest absolute Gasteiger partial charge is 0.438 e. The quantitative estimate of drug-likeness (QED) is 0.899. The molecule has 7 nitrogen and oxygen atoms in total. The molecule has 1 aliphatic rings. The van der Waals surface area contributed by atoms with Gasteiger partial charge in [-0.25, -0.2) is 17.7 Å². The van der Waals surface area contributed by atoms with E-state index in [4.69, 9.17) is 4.42 Å². The summed E-state index contributed by atoms with van der Waals surface area (Å²) in [7, 11) is -0.897. The Labute approximate surface area is 132 Å². The summed E-state index contributed by atoms with van der Waals surface area (Å²) in [6.07, 6.45) is 2.28. The van der Waals surface area contributed by atoms with Crippen molar-refractivity contribution in [2.75, 3.05) is 19.4 Å². The molecule has 0 spiro atoms. The highest BCUT2D eigenvalue weighted by atomic mass is 32.2. The molecule has 1 aliphatic carbocycles. The fraction of sp³-hybridized carbons (Fsp3) is 0.385. The second kappa shape index (κ2) is 5.49. The van der Waals surface area contributed by atoms with Gasteiger partial charge in [0.2, 0.25) is 5.09 Å². The van der Waals surface area contributed by atoms with Crippen LogP contribution in [0.3, 0.4) is 0 Å². The second-order valence-electron chi connectivity index (χ2n) is 5.21. The van der Waals surface area contributed by atoms with Gasteiger partial charge in [-0.3, -0.25) is 10.1 Å². The molecule has 0 aliphatic heterocycles. The topological polar surface area (TPSA) is 92.5 Å². The Morgan fingerprint density at radius 3 is 2.77 bits per heavy atom. The summed E-state index contributed by atoms with van der Waals surface area (Å²) in [4.78, 5) is 16.4. The lowest BCUT2D eigenvalue weighted by molar-refractivity contribution is 0.0991. The Morgan fingerprint density at radius 1 is 1.41 bits per heavy atom. The van der Waals surface area contributed by atoms with E-state index < -0.39 is 15.9 Å². The average Bonchev–Trinajstić information content (AvgIpc) is 3.01. The van der Waals surface area contributed by atoms with Crippen LogP contribution in [-0.2, 0) is 10.0 Å². The van der Waals surface area contributed by atoms with Crippen LogP contribution in [0.1, 0.15) is 35.0 Å². The third-order valence-electron chi connectivity index (χ3n) is 3.28. The first-order valence-corrected chi connectivity index (χ1v) is 8.99. The average molecular weight is 341 g/mol. The minimum Gasteiger partial charge on any atom is -0.438 e. The van der Waals surface area contributed by atoms with Gasteiger partial charge in [0, 0.05) is 25.4 Å². The predicted molar refractivity (Wildman–Crippen MR) is 81.6 cm³/mol. The Bertz CT molecular complexity index is 803. The maximum Gasteiger partial charge on any atom is 0.293 e. The highest BCUT2D eigenvalue weighted by molar-refractivity contribution is 7.88. The number of carbonyl (C=O) groups is 1. The van der Waals surface area contributed by atoms with Gasteiger partial charge in [-0.05, 0) is 25.0 Å². The first kappa shape index (κ1) is 15.2. The van der Waals surface area contributed by atoms with Gasteiger partial charge in [0.15, 0.2) is 10.9 Å². The van der Waals surface area contributed by atoms with Crippen molar-refractivity contribution in [3.63, 3.8) is 0 Å². The summed E-state index contributed by atoms with van der Waals surface area (Å²) in [5.74, 6) is -0.0668. The highest BCUT2D eigenvalue weighted by Gasteiger charge is 2.27. The van der Waals surface area contributed by atoms with Crippen molar-refractivity contribution in [1.82, 2.24) is 9.29 Å². The van der Waals surface area contributed by atoms with Crippen molar-refractivity contribution in [2.45, 2.75) is 23.9 Å². The van der Waals surface area contributed by atoms with E-state index in [9.17, 15) is 13.2 Å². The van der Waals surface area contributed by atoms with E-state index in [0.29, 0.717) is 11.0 Å². The molecule has 0 saturated heterocycles. The van der Waals surface area contributed by atoms with Gasteiger partial charge in [0.05, 0.1) is 5.69 Å². The number of anilines is 1. The van der Waals surface area contributed by atoms with Crippen molar-refractivity contribution >= 4 is 32.4 Å². The van der Waals surface area contributed by atoms with Crippen molar-refractivity contribution in [2.24, 2.45) is 0 Å². The molecule has 0 atom stereocenters. The molecule has 0 aromatic carbocycles. The van der Waals surface area contributed by atoms with Crippen molar-refractivity contribution < 1.29 is 17.6 Å². The number of hydrogen-bond acceptors (Lipinski definition) is 6. The molecule has 1 amide bonds. The molecule has 118 valence electrons. The van der Waals surface area contributed by atoms with Crippen molar-refractivity contribution in [1.29, 1.82) is 0 Å². The molecule has 0 radical (unpaired) electrons. The van der Waals surface area contributed by atoms with Crippen LogP contribution >= 0.6 is 11.3 Å². The zero-order valence-electron chi connectivity index (χ0n) is 12.1. The van der Waals surface area contributed by atoms with Crippen LogP contribution < -0.4 is 5.32 Å². The maximum atomic E-state index is 12.1. The molecular formula is C13H15N3O4S2. The van der Waals surface area contributed by atoms with Crippen molar-refractivity contribution in [3.8, 4) is 0 Å². The lowest BCUT2D eigenvalue weighted by atomic mass is 10.3. The first-order chi connectivity index (χ1) is 10.4. The van der Waals surface area contributed by atoms with Crippen LogP contribution in [0.15, 0.2) is 27.0 Å². The molecule has 22 heavy (non-hydrogen) atoms. The van der Waals surface area contributed by atoms with E-state index in [1.807, 2.05) is 5.38 Å². The number of rotatable bonds is 5. The normalized spacial score (nSPS) is 15.2. The zero-order valence-corrected chi connectivity index (χ0v) is 13.7. The third kappa shape index (κ3) is 2.92. The van der Waals surface area contributed by atoms with E-state index >= 15 is 0 Å². The molecule has 1 fully saturated rings. The standard InChI is InChI=1S/C13H15N3O4S2/c1-16(2)22(18,19)11-6-5-10(20-11)12(17)15-13-14-9(7-21-13)8-3-4-8/h5-8H,3-4H2,1-2H3,(H,14,15,17). The van der Waals surface area contributed by atoms with Gasteiger partial charge in [-0.15, -0.1) is 11.3 Å². The fourth-order valence-electron chi connectivity index (χ4n) is 1.83. The maximum absolute atomic E-state index is 12.1. The molecule has 9 heteroatoms. The Balaban J connectivity index is 1.73. The van der Waals surface area contributed by atoms with Crippen LogP contribution in [0.4, 0.5) is 5.13 Å². The Morgan fingerprint density at radius 2 is 2.14 bits per heavy atom. The van der Waals surface area contributed by atoms with E-state index in [1.165, 1.54) is 37.6 Å². The number of amides is 1. The number of carbonyl (C=O) groups excluding carboxylic acids is 1. The van der Waals surface area contributed by atoms with Gasteiger partial charge < -0.3 is 4.42 Å². The van der Waals surface area contributed by atoms with Crippen LogP contribution in [0.2, 0.25) is 0 Å². The predicted octanol–water partition coefficient (Wildman–Crippen LogP) is 2.12. The second-order valence-corrected chi connectivity index (χ2v) is 8.15. The van der Waals surface area contributed by atoms with Gasteiger partial charge in [0.25, 0.3) is 15.9 Å². The zero-order chi connectivity index (χ0) is 15.9. The van der Waals surface area contributed by atoms with Gasteiger partial charge in [-0.1, -0.05) is 0 Å². The van der Waals surface area contributed by atoms with E-state index in [2.05, 4.69) is 10.3 Å². The Kier molecular flexibility index (Phi) is 3.79. The lowest BCUT2D eigenvalue weighted by Gasteiger charge is -2.07. The first-order valence-electron chi connectivity index (χ1n) is 6.67. The molecule has 0 bridgehead atoms. The molecule has 1 saturated carbocycles. The van der Waals surface area contributed by atoms with Crippen LogP contribution in [0, 0.1) is 0 Å². The van der Waals surface area contributed by atoms with Crippen molar-refractivity contribution in [3.05, 3.63) is 29.0 Å². The number of nitrogens with zero attached hydrogens (tertiary/aromatic N) is 2. The van der Waals surface area contributed by atoms with E-state index in [0.717, 1.165) is 22.8 Å². The SMILES string of the molecule is CN(C)S(=O)(=O)c1ccc(C(=O)Nc2nc(C3CC3)cs2)o1. The summed E-state index contributed by atoms with van der Waals surface area (Å²) < 4.78 is 30.0. The smallest absolute Gasteiger partial charge is 0.293 e. The van der Waals surface area contributed by atoms with E-state index in [1.54, 1.807) is 0 Å². The number of sulfonamides is 1. The number of hydrogen-bond donors (Lipinski definition) is 1. The highest BCUT2D eigenvalue weighted by Crippen LogP contribution is 2.40. The molecule has 3 rings (SSSR count). The molecule has 1 N–H and O–H groups in total. The van der Waals surface area contributed by atoms with Gasteiger partial charge >= 0.3 is 0 Å². The molecule has 2 aromatic rings. The van der Waals surface area contributed by atoms with Crippen LogP contribution in [-0.4, -0.2) is 37.7 Å². The summed E-state index contributed by atoms with van der Waals surface area (Å²) in [6.45, 7) is 0. The molecular weight excluding hydrogens is 326 g/mol. The monoisotopic (exact) mass is 341 g/mol. The minimum absolute atomic E-state index is 0.0661. The minimum atomic E-state index is -3.69. The van der Waals surface area contributed by atoms with Crippen LogP contribution in [0.5, 0.6) is 0 Å².